The van der Waals surface area contributed by atoms with E-state index in [1.807, 2.05) is 24.3 Å². The van der Waals surface area contributed by atoms with Gasteiger partial charge >= 0.3 is 0 Å². The van der Waals surface area contributed by atoms with Crippen molar-refractivity contribution in [3.8, 4) is 0 Å². The van der Waals surface area contributed by atoms with Crippen LogP contribution in [-0.4, -0.2) is 0 Å². The van der Waals surface area contributed by atoms with Gasteiger partial charge in [-0.1, -0.05) is 36.9 Å². The molecule has 0 amide bonds. The molecule has 0 saturated carbocycles. The van der Waals surface area contributed by atoms with Crippen molar-refractivity contribution in [3.63, 3.8) is 0 Å². The molecule has 0 aliphatic carbocycles. The zero-order valence-electron chi connectivity index (χ0n) is 8.35. The van der Waals surface area contributed by atoms with Crippen molar-refractivity contribution in [2.24, 2.45) is 0 Å². The van der Waals surface area contributed by atoms with E-state index in [0.29, 0.717) is 0 Å². The lowest BCUT2D eigenvalue weighted by atomic mass is 10.0. The van der Waals surface area contributed by atoms with Crippen LogP contribution in [0.1, 0.15) is 11.1 Å². The number of hydrogen-bond acceptors (Lipinski definition) is 1. The van der Waals surface area contributed by atoms with Gasteiger partial charge in [0.2, 0.25) is 0 Å². The topological polar surface area (TPSA) is 0 Å². The quantitative estimate of drug-likeness (QED) is 0.701. The molecule has 1 heteroatoms. The van der Waals surface area contributed by atoms with E-state index >= 15 is 0 Å². The third kappa shape index (κ3) is 1.97. The molecule has 2 rings (SSSR count). The van der Waals surface area contributed by atoms with Gasteiger partial charge < -0.3 is 0 Å². The molecular formula is C14H12S. The zero-order valence-corrected chi connectivity index (χ0v) is 9.24. The molecule has 74 valence electrons. The minimum absolute atomic E-state index is 1.14. The van der Waals surface area contributed by atoms with Crippen LogP contribution in [0.15, 0.2) is 48.4 Å². The van der Waals surface area contributed by atoms with Gasteiger partial charge in [-0.15, -0.1) is 0 Å². The van der Waals surface area contributed by atoms with Crippen molar-refractivity contribution < 1.29 is 0 Å². The van der Waals surface area contributed by atoms with Gasteiger partial charge in [-0.05, 0) is 45.5 Å². The highest BCUT2D eigenvalue weighted by molar-refractivity contribution is 7.83. The molecule has 0 aromatic heterocycles. The molecule has 0 nitrogen and oxygen atoms in total. The number of fused-ring (bicyclic) bond motifs is 1. The standard InChI is InChI=1S/C14H12S/c1-2-11-9-12-5-3-4-6-13(12)10-14(11)7-8-15/h2-10,15H,1H2/b8-7-. The fourth-order valence-corrected chi connectivity index (χ4v) is 1.84. The Hall–Kier alpha value is -1.47. The van der Waals surface area contributed by atoms with Crippen LogP contribution in [0.3, 0.4) is 0 Å². The summed E-state index contributed by atoms with van der Waals surface area (Å²) in [7, 11) is 0. The summed E-state index contributed by atoms with van der Waals surface area (Å²) in [5, 5.41) is 4.23. The van der Waals surface area contributed by atoms with Crippen molar-refractivity contribution in [2.75, 3.05) is 0 Å². The van der Waals surface area contributed by atoms with E-state index in [4.69, 9.17) is 0 Å². The first-order valence-electron chi connectivity index (χ1n) is 4.81. The molecule has 0 unspecified atom stereocenters. The summed E-state index contributed by atoms with van der Waals surface area (Å²) in [5.74, 6) is 0. The number of thiol groups is 1. The Morgan fingerprint density at radius 1 is 1.00 bits per heavy atom. The molecule has 0 N–H and O–H groups in total. The van der Waals surface area contributed by atoms with Crippen molar-refractivity contribution in [1.29, 1.82) is 0 Å². The zero-order chi connectivity index (χ0) is 10.7. The van der Waals surface area contributed by atoms with E-state index in [2.05, 4.69) is 43.5 Å². The second-order valence-corrected chi connectivity index (χ2v) is 3.65. The van der Waals surface area contributed by atoms with Gasteiger partial charge in [-0.25, -0.2) is 0 Å². The smallest absolute Gasteiger partial charge is 0.0173 e. The second-order valence-electron chi connectivity index (χ2n) is 3.35. The maximum absolute atomic E-state index is 4.10. The first kappa shape index (κ1) is 10.1. The predicted octanol–water partition coefficient (Wildman–Crippen LogP) is 4.38. The van der Waals surface area contributed by atoms with Gasteiger partial charge in [0, 0.05) is 0 Å². The Balaban J connectivity index is 2.74. The van der Waals surface area contributed by atoms with Crippen LogP contribution in [0.4, 0.5) is 0 Å². The molecule has 0 fully saturated rings. The minimum atomic E-state index is 1.14. The SMILES string of the molecule is C=Cc1cc2ccccc2cc1/C=C\S. The molecule has 15 heavy (non-hydrogen) atoms. The van der Waals surface area contributed by atoms with E-state index in [-0.39, 0.29) is 0 Å². The molecule has 0 heterocycles. The van der Waals surface area contributed by atoms with E-state index in [1.165, 1.54) is 10.8 Å². The monoisotopic (exact) mass is 212 g/mol. The van der Waals surface area contributed by atoms with Crippen LogP contribution in [0.25, 0.3) is 22.9 Å². The molecule has 0 radical (unpaired) electrons. The highest BCUT2D eigenvalue weighted by Gasteiger charge is 1.98. The number of benzene rings is 2. The minimum Gasteiger partial charge on any atom is -0.151 e. The van der Waals surface area contributed by atoms with E-state index in [1.54, 1.807) is 5.41 Å². The summed E-state index contributed by atoms with van der Waals surface area (Å²) in [6, 6.07) is 12.6. The highest BCUT2D eigenvalue weighted by atomic mass is 32.1. The fraction of sp³-hybridized carbons (Fsp3) is 0. The number of hydrogen-bond donors (Lipinski definition) is 1. The summed E-state index contributed by atoms with van der Waals surface area (Å²) < 4.78 is 0. The maximum atomic E-state index is 4.10. The second kappa shape index (κ2) is 4.37. The lowest BCUT2D eigenvalue weighted by Crippen LogP contribution is -1.81. The summed E-state index contributed by atoms with van der Waals surface area (Å²) >= 11 is 4.10. The Morgan fingerprint density at radius 3 is 2.13 bits per heavy atom. The lowest BCUT2D eigenvalue weighted by Gasteiger charge is -2.04. The summed E-state index contributed by atoms with van der Waals surface area (Å²) in [6.45, 7) is 3.82. The summed E-state index contributed by atoms with van der Waals surface area (Å²) in [6.07, 6.45) is 3.85. The first-order valence-corrected chi connectivity index (χ1v) is 5.33. The molecule has 2 aromatic carbocycles. The Bertz CT molecular complexity index is 524. The predicted molar refractivity (Wildman–Crippen MR) is 72.1 cm³/mol. The average Bonchev–Trinajstić information content (AvgIpc) is 2.28. The third-order valence-corrected chi connectivity index (χ3v) is 2.57. The van der Waals surface area contributed by atoms with Gasteiger partial charge in [0.15, 0.2) is 0 Å². The van der Waals surface area contributed by atoms with E-state index < -0.39 is 0 Å². The van der Waals surface area contributed by atoms with E-state index in [9.17, 15) is 0 Å². The molecule has 0 saturated heterocycles. The Labute approximate surface area is 95.3 Å². The lowest BCUT2D eigenvalue weighted by molar-refractivity contribution is 1.66. The molecule has 2 aromatic rings. The summed E-state index contributed by atoms with van der Waals surface area (Å²) in [5.41, 5.74) is 2.29. The third-order valence-electron chi connectivity index (χ3n) is 2.43. The van der Waals surface area contributed by atoms with Crippen LogP contribution in [0, 0.1) is 0 Å². The average molecular weight is 212 g/mol. The Morgan fingerprint density at radius 2 is 1.60 bits per heavy atom. The maximum Gasteiger partial charge on any atom is -0.0173 e. The van der Waals surface area contributed by atoms with Crippen LogP contribution in [-0.2, 0) is 0 Å². The summed E-state index contributed by atoms with van der Waals surface area (Å²) in [4.78, 5) is 0. The first-order chi connectivity index (χ1) is 7.35. The van der Waals surface area contributed by atoms with Crippen molar-refractivity contribution in [3.05, 3.63) is 59.5 Å². The van der Waals surface area contributed by atoms with Gasteiger partial charge in [0.25, 0.3) is 0 Å². The van der Waals surface area contributed by atoms with Crippen LogP contribution < -0.4 is 0 Å². The molecule has 0 atom stereocenters. The molecule has 0 spiro atoms. The van der Waals surface area contributed by atoms with Crippen molar-refractivity contribution in [1.82, 2.24) is 0 Å². The largest absolute Gasteiger partial charge is 0.151 e. The van der Waals surface area contributed by atoms with Gasteiger partial charge in [-0.2, -0.15) is 12.6 Å². The van der Waals surface area contributed by atoms with Crippen LogP contribution in [0.5, 0.6) is 0 Å². The van der Waals surface area contributed by atoms with Crippen LogP contribution >= 0.6 is 12.6 Å². The van der Waals surface area contributed by atoms with Gasteiger partial charge in [0.1, 0.15) is 0 Å². The van der Waals surface area contributed by atoms with Gasteiger partial charge in [-0.3, -0.25) is 0 Å². The van der Waals surface area contributed by atoms with E-state index in [0.717, 1.165) is 11.1 Å². The fourth-order valence-electron chi connectivity index (χ4n) is 1.68. The Kier molecular flexibility index (Phi) is 2.93. The normalized spacial score (nSPS) is 11.0. The molecular weight excluding hydrogens is 200 g/mol. The van der Waals surface area contributed by atoms with Crippen LogP contribution in [0.2, 0.25) is 0 Å². The molecule has 0 aliphatic rings. The van der Waals surface area contributed by atoms with Gasteiger partial charge in [0.05, 0.1) is 0 Å². The molecule has 0 bridgehead atoms. The highest BCUT2D eigenvalue weighted by Crippen LogP contribution is 2.22. The van der Waals surface area contributed by atoms with Crippen molar-refractivity contribution >= 4 is 35.6 Å². The van der Waals surface area contributed by atoms with Crippen molar-refractivity contribution in [2.45, 2.75) is 0 Å². The number of rotatable bonds is 2. The molecule has 0 aliphatic heterocycles.